The van der Waals surface area contributed by atoms with E-state index in [0.29, 0.717) is 49.0 Å². The van der Waals surface area contributed by atoms with Crippen molar-refractivity contribution in [3.8, 4) is 11.8 Å². The zero-order valence-corrected chi connectivity index (χ0v) is 26.3. The van der Waals surface area contributed by atoms with Gasteiger partial charge in [-0.25, -0.2) is 4.79 Å². The first-order chi connectivity index (χ1) is 18.3. The molecule has 1 amide bonds. The lowest BCUT2D eigenvalue weighted by molar-refractivity contribution is -0.124. The zero-order valence-electron chi connectivity index (χ0n) is 24.6. The number of carboxylic acid groups (broad SMARTS) is 1. The minimum absolute atomic E-state index is 0.00152. The summed E-state index contributed by atoms with van der Waals surface area (Å²) in [6, 6.07) is 1.57. The molecule has 1 N–H and O–H groups in total. The Morgan fingerprint density at radius 3 is 2.41 bits per heavy atom. The summed E-state index contributed by atoms with van der Waals surface area (Å²) < 4.78 is 24.7. The molecule has 2 saturated carbocycles. The maximum atomic E-state index is 14.2. The average molecular weight is 580 g/mol. The predicted molar refractivity (Wildman–Crippen MR) is 158 cm³/mol. The van der Waals surface area contributed by atoms with Crippen molar-refractivity contribution in [2.24, 2.45) is 23.2 Å². The Balaban J connectivity index is 2.05. The number of ether oxygens (including phenoxy) is 1. The molecule has 2 aliphatic carbocycles. The third-order valence-corrected chi connectivity index (χ3v) is 11.7. The van der Waals surface area contributed by atoms with Crippen molar-refractivity contribution in [2.75, 3.05) is 31.9 Å². The summed E-state index contributed by atoms with van der Waals surface area (Å²) in [5.41, 5.74) is 0.0524. The Hall–Kier alpha value is -1.65. The Morgan fingerprint density at radius 1 is 1.18 bits per heavy atom. The van der Waals surface area contributed by atoms with E-state index >= 15 is 0 Å². The summed E-state index contributed by atoms with van der Waals surface area (Å²) in [5.74, 6) is 5.69. The molecule has 1 heterocycles. The van der Waals surface area contributed by atoms with Gasteiger partial charge in [-0.05, 0) is 90.5 Å². The Kier molecular flexibility index (Phi) is 10.9. The van der Waals surface area contributed by atoms with E-state index in [1.807, 2.05) is 27.7 Å². The molecule has 9 heteroatoms. The van der Waals surface area contributed by atoms with Crippen LogP contribution in [0.5, 0.6) is 0 Å². The zero-order chi connectivity index (χ0) is 29.0. The number of hydrogen-bond acceptors (Lipinski definition) is 6. The second-order valence-electron chi connectivity index (χ2n) is 12.4. The van der Waals surface area contributed by atoms with Crippen molar-refractivity contribution in [1.82, 2.24) is 0 Å². The first-order valence-electron chi connectivity index (χ1n) is 14.2. The molecule has 0 spiro atoms. The summed E-state index contributed by atoms with van der Waals surface area (Å²) in [6.45, 7) is 12.6. The van der Waals surface area contributed by atoms with Crippen LogP contribution in [0, 0.1) is 35.0 Å². The molecule has 3 unspecified atom stereocenters. The van der Waals surface area contributed by atoms with Crippen LogP contribution < -0.4 is 4.90 Å². The van der Waals surface area contributed by atoms with Gasteiger partial charge in [-0.1, -0.05) is 18.8 Å². The van der Waals surface area contributed by atoms with Gasteiger partial charge in [-0.2, -0.15) is 0 Å². The van der Waals surface area contributed by atoms with E-state index in [-0.39, 0.29) is 39.7 Å². The van der Waals surface area contributed by atoms with Gasteiger partial charge in [0.15, 0.2) is 0 Å². The van der Waals surface area contributed by atoms with Gasteiger partial charge in [0.1, 0.15) is 4.88 Å². The van der Waals surface area contributed by atoms with E-state index in [0.717, 1.165) is 37.0 Å². The van der Waals surface area contributed by atoms with Crippen molar-refractivity contribution in [3.63, 3.8) is 0 Å². The summed E-state index contributed by atoms with van der Waals surface area (Å²) in [6.07, 6.45) is 5.44. The normalized spacial score (nSPS) is 27.2. The Morgan fingerprint density at radius 2 is 1.85 bits per heavy atom. The summed E-state index contributed by atoms with van der Waals surface area (Å²) in [7, 11) is -1.24. The lowest BCUT2D eigenvalue weighted by Gasteiger charge is -2.43. The molecule has 7 nitrogen and oxygen atoms in total. The van der Waals surface area contributed by atoms with Crippen LogP contribution in [0.25, 0.3) is 0 Å². The van der Waals surface area contributed by atoms with E-state index < -0.39 is 13.3 Å². The molecule has 1 aromatic heterocycles. The molecule has 2 aliphatic rings. The monoisotopic (exact) mass is 579 g/mol. The molecule has 4 atom stereocenters. The number of amides is 1. The third-order valence-electron chi connectivity index (χ3n) is 7.98. The molecular formula is C30H46NO6PS. The molecule has 0 bridgehead atoms. The van der Waals surface area contributed by atoms with Gasteiger partial charge in [0.05, 0.1) is 17.2 Å². The van der Waals surface area contributed by atoms with E-state index in [9.17, 15) is 19.3 Å². The molecular weight excluding hydrogens is 533 g/mol. The Labute approximate surface area is 238 Å². The van der Waals surface area contributed by atoms with Crippen LogP contribution in [0.4, 0.5) is 5.69 Å². The van der Waals surface area contributed by atoms with Gasteiger partial charge >= 0.3 is 5.97 Å². The van der Waals surface area contributed by atoms with Crippen LogP contribution in [-0.4, -0.2) is 55.7 Å². The summed E-state index contributed by atoms with van der Waals surface area (Å²) in [4.78, 5) is 29.2. The molecule has 0 aliphatic heterocycles. The van der Waals surface area contributed by atoms with Crippen molar-refractivity contribution in [1.29, 1.82) is 0 Å². The lowest BCUT2D eigenvalue weighted by Crippen LogP contribution is -2.49. The highest BCUT2D eigenvalue weighted by atomic mass is 32.1. The van der Waals surface area contributed by atoms with E-state index in [4.69, 9.17) is 9.26 Å². The van der Waals surface area contributed by atoms with Crippen LogP contribution in [0.15, 0.2) is 6.07 Å². The molecule has 39 heavy (non-hydrogen) atoms. The number of carbonyl (C=O) groups excluding carboxylic acids is 1. The second kappa shape index (κ2) is 13.3. The first kappa shape index (κ1) is 31.9. The van der Waals surface area contributed by atoms with Crippen LogP contribution in [0.1, 0.15) is 94.1 Å². The molecule has 0 saturated heterocycles. The highest BCUT2D eigenvalue weighted by Gasteiger charge is 2.44. The maximum absolute atomic E-state index is 14.2. The quantitative estimate of drug-likeness (QED) is 0.247. The van der Waals surface area contributed by atoms with Crippen LogP contribution in [0.2, 0.25) is 0 Å². The van der Waals surface area contributed by atoms with Crippen molar-refractivity contribution in [2.45, 2.75) is 91.3 Å². The fourth-order valence-electron chi connectivity index (χ4n) is 6.04. The standard InChI is InChI=1S/C30H46NO6PS/c1-8-37-38(7,35)26-14-13-23(17-22(26)19-36-6)31(28(32)21-11-9-20(2)10-12-21)25-18-24(15-16-30(3,4)5)39-27(25)29(33)34/h18,20-23,26H,8-14,17,19H2,1-7H3,(H,33,34)/t20?,21?,22?,23-,26?,38?/m0/s1. The Bertz CT molecular complexity index is 1120. The predicted octanol–water partition coefficient (Wildman–Crippen LogP) is 7.13. The van der Waals surface area contributed by atoms with Gasteiger partial charge in [-0.15, -0.1) is 11.3 Å². The number of anilines is 1. The van der Waals surface area contributed by atoms with E-state index in [1.165, 1.54) is 0 Å². The van der Waals surface area contributed by atoms with Gasteiger partial charge in [0.2, 0.25) is 13.3 Å². The fourth-order valence-corrected chi connectivity index (χ4v) is 9.18. The molecule has 3 rings (SSSR count). The number of thiophene rings is 1. The van der Waals surface area contributed by atoms with Crippen LogP contribution in [-0.2, 0) is 18.6 Å². The van der Waals surface area contributed by atoms with Gasteiger partial charge in [0, 0.05) is 43.4 Å². The average Bonchev–Trinajstić information content (AvgIpc) is 3.27. The van der Waals surface area contributed by atoms with Crippen LogP contribution >= 0.6 is 18.7 Å². The number of aromatic carboxylic acids is 1. The summed E-state index contributed by atoms with van der Waals surface area (Å²) in [5, 5.41) is 10.2. The molecule has 0 radical (unpaired) electrons. The number of rotatable bonds is 9. The highest BCUT2D eigenvalue weighted by Crippen LogP contribution is 2.56. The largest absolute Gasteiger partial charge is 0.477 e. The number of nitrogens with zero attached hydrogens (tertiary/aromatic N) is 1. The van der Waals surface area contributed by atoms with Crippen molar-refractivity contribution < 1.29 is 28.5 Å². The smallest absolute Gasteiger partial charge is 0.348 e. The molecule has 2 fully saturated rings. The number of carbonyl (C=O) groups is 2. The minimum atomic E-state index is -2.88. The summed E-state index contributed by atoms with van der Waals surface area (Å²) >= 11 is 1.13. The third kappa shape index (κ3) is 8.19. The van der Waals surface area contributed by atoms with Crippen LogP contribution in [0.3, 0.4) is 0 Å². The molecule has 1 aromatic rings. The topological polar surface area (TPSA) is 93.1 Å². The number of hydrogen-bond donors (Lipinski definition) is 1. The van der Waals surface area contributed by atoms with Gasteiger partial charge in [0.25, 0.3) is 0 Å². The second-order valence-corrected chi connectivity index (χ2v) is 16.2. The first-order valence-corrected chi connectivity index (χ1v) is 17.2. The fraction of sp³-hybridized carbons (Fsp3) is 0.733. The van der Waals surface area contributed by atoms with E-state index in [2.05, 4.69) is 18.8 Å². The maximum Gasteiger partial charge on any atom is 0.348 e. The SMILES string of the molecule is CCOP(C)(=O)C1CC[C@H](N(C(=O)C2CCC(C)CC2)c2cc(C#CC(C)(C)C)sc2C(=O)O)CC1COC. The van der Waals surface area contributed by atoms with Gasteiger partial charge in [-0.3, -0.25) is 9.36 Å². The van der Waals surface area contributed by atoms with E-state index in [1.54, 1.807) is 24.7 Å². The number of carboxylic acids is 1. The molecule has 0 aromatic carbocycles. The minimum Gasteiger partial charge on any atom is -0.477 e. The van der Waals surface area contributed by atoms with Crippen molar-refractivity contribution >= 4 is 36.3 Å². The molecule has 218 valence electrons. The van der Waals surface area contributed by atoms with Gasteiger partial charge < -0.3 is 19.3 Å². The number of methoxy groups -OCH3 is 1. The van der Waals surface area contributed by atoms with Crippen molar-refractivity contribution in [3.05, 3.63) is 15.8 Å². The lowest BCUT2D eigenvalue weighted by atomic mass is 9.80. The highest BCUT2D eigenvalue weighted by molar-refractivity contribution is 7.58.